The number of hydrogen-bond donors (Lipinski definition) is 0. The Morgan fingerprint density at radius 2 is 1.81 bits per heavy atom. The second-order valence-corrected chi connectivity index (χ2v) is 7.84. The van der Waals surface area contributed by atoms with Crippen LogP contribution < -0.4 is 0 Å². The number of benzene rings is 1. The zero-order valence-corrected chi connectivity index (χ0v) is 16.1. The van der Waals surface area contributed by atoms with Crippen molar-refractivity contribution in [3.8, 4) is 5.69 Å². The summed E-state index contributed by atoms with van der Waals surface area (Å²) in [4.78, 5) is 17.2. The van der Waals surface area contributed by atoms with E-state index in [1.807, 2.05) is 18.2 Å². The minimum atomic E-state index is 0.0326. The Kier molecular flexibility index (Phi) is 5.53. The van der Waals surface area contributed by atoms with E-state index in [-0.39, 0.29) is 6.04 Å². The Bertz CT molecular complexity index is 745. The summed E-state index contributed by atoms with van der Waals surface area (Å²) in [6.07, 6.45) is 7.24. The molecule has 0 N–H and O–H groups in total. The largest absolute Gasteiger partial charge is 0.341 e. The summed E-state index contributed by atoms with van der Waals surface area (Å²) in [6.45, 7) is 5.93. The van der Waals surface area contributed by atoms with Crippen molar-refractivity contribution in [2.45, 2.75) is 45.1 Å². The van der Waals surface area contributed by atoms with Gasteiger partial charge in [0, 0.05) is 25.2 Å². The Morgan fingerprint density at radius 3 is 2.52 bits per heavy atom. The Morgan fingerprint density at radius 1 is 1.11 bits per heavy atom. The quantitative estimate of drug-likeness (QED) is 0.815. The van der Waals surface area contributed by atoms with Crippen LogP contribution in [0.4, 0.5) is 0 Å². The highest BCUT2D eigenvalue weighted by atomic mass is 16.2. The molecule has 6 heteroatoms. The molecule has 1 aromatic carbocycles. The van der Waals surface area contributed by atoms with Crippen molar-refractivity contribution in [2.75, 3.05) is 26.2 Å². The zero-order valence-electron chi connectivity index (χ0n) is 16.1. The van der Waals surface area contributed by atoms with E-state index in [1.165, 1.54) is 12.8 Å². The van der Waals surface area contributed by atoms with Gasteiger partial charge in [0.2, 0.25) is 5.91 Å². The van der Waals surface area contributed by atoms with E-state index in [9.17, 15) is 4.79 Å². The van der Waals surface area contributed by atoms with Crippen molar-refractivity contribution in [2.24, 2.45) is 5.92 Å². The smallest absolute Gasteiger partial charge is 0.239 e. The lowest BCUT2D eigenvalue weighted by atomic mass is 9.92. The fraction of sp³-hybridized carbons (Fsp3) is 0.571. The number of likely N-dealkylation sites (tertiary alicyclic amines) is 2. The first kappa shape index (κ1) is 18.2. The van der Waals surface area contributed by atoms with Crippen LogP contribution in [0.3, 0.4) is 0 Å². The number of nitrogens with zero attached hydrogens (tertiary/aromatic N) is 5. The standard InChI is InChI=1S/C21H29N5O/c1-17(24-11-5-6-12-24)21(27)25-13-9-18(10-14-25)15-20-23-22-16-26(20)19-7-3-2-4-8-19/h2-4,7-8,16-18H,5-6,9-15H2,1H3. The molecule has 0 aliphatic carbocycles. The van der Waals surface area contributed by atoms with Gasteiger partial charge in [-0.15, -0.1) is 10.2 Å². The van der Waals surface area contributed by atoms with Gasteiger partial charge in [0.05, 0.1) is 6.04 Å². The predicted molar refractivity (Wildman–Crippen MR) is 105 cm³/mol. The van der Waals surface area contributed by atoms with Gasteiger partial charge < -0.3 is 4.90 Å². The monoisotopic (exact) mass is 367 g/mol. The molecule has 27 heavy (non-hydrogen) atoms. The molecule has 2 saturated heterocycles. The number of amides is 1. The summed E-state index contributed by atoms with van der Waals surface area (Å²) in [7, 11) is 0. The maximum Gasteiger partial charge on any atom is 0.239 e. The maximum atomic E-state index is 12.8. The molecule has 2 aromatic rings. The van der Waals surface area contributed by atoms with E-state index in [2.05, 4.69) is 43.6 Å². The molecule has 144 valence electrons. The van der Waals surface area contributed by atoms with Gasteiger partial charge in [-0.1, -0.05) is 18.2 Å². The molecule has 1 atom stereocenters. The highest BCUT2D eigenvalue weighted by Gasteiger charge is 2.30. The maximum absolute atomic E-state index is 12.8. The van der Waals surface area contributed by atoms with Crippen LogP contribution in [-0.4, -0.2) is 62.7 Å². The number of rotatable bonds is 5. The molecule has 3 heterocycles. The van der Waals surface area contributed by atoms with Crippen molar-refractivity contribution in [1.29, 1.82) is 0 Å². The van der Waals surface area contributed by atoms with E-state index in [0.29, 0.717) is 11.8 Å². The van der Waals surface area contributed by atoms with Crippen molar-refractivity contribution < 1.29 is 4.79 Å². The van der Waals surface area contributed by atoms with Crippen LogP contribution in [0.2, 0.25) is 0 Å². The fourth-order valence-corrected chi connectivity index (χ4v) is 4.37. The molecule has 6 nitrogen and oxygen atoms in total. The molecule has 2 aliphatic rings. The third-order valence-corrected chi connectivity index (χ3v) is 6.10. The summed E-state index contributed by atoms with van der Waals surface area (Å²) < 4.78 is 2.08. The summed E-state index contributed by atoms with van der Waals surface area (Å²) in [6, 6.07) is 10.3. The first-order chi connectivity index (χ1) is 13.2. The number of hydrogen-bond acceptors (Lipinski definition) is 4. The molecule has 2 aliphatic heterocycles. The van der Waals surface area contributed by atoms with Gasteiger partial charge >= 0.3 is 0 Å². The minimum absolute atomic E-state index is 0.0326. The number of piperidine rings is 1. The van der Waals surface area contributed by atoms with Gasteiger partial charge in [0.1, 0.15) is 12.2 Å². The van der Waals surface area contributed by atoms with Gasteiger partial charge in [-0.2, -0.15) is 0 Å². The Labute approximate surface area is 161 Å². The molecule has 2 fully saturated rings. The molecule has 4 rings (SSSR count). The van der Waals surface area contributed by atoms with Crippen LogP contribution >= 0.6 is 0 Å². The molecule has 0 spiro atoms. The Hall–Kier alpha value is -2.21. The van der Waals surface area contributed by atoms with Gasteiger partial charge in [-0.05, 0) is 63.7 Å². The van der Waals surface area contributed by atoms with E-state index in [0.717, 1.165) is 57.0 Å². The summed E-state index contributed by atoms with van der Waals surface area (Å²) in [5, 5.41) is 8.46. The summed E-state index contributed by atoms with van der Waals surface area (Å²) >= 11 is 0. The van der Waals surface area contributed by atoms with Crippen LogP contribution in [0.25, 0.3) is 5.69 Å². The zero-order chi connectivity index (χ0) is 18.6. The highest BCUT2D eigenvalue weighted by Crippen LogP contribution is 2.23. The predicted octanol–water partition coefficient (Wildman–Crippen LogP) is 2.53. The Balaban J connectivity index is 1.33. The highest BCUT2D eigenvalue weighted by molar-refractivity contribution is 5.81. The lowest BCUT2D eigenvalue weighted by Gasteiger charge is -2.35. The van der Waals surface area contributed by atoms with E-state index >= 15 is 0 Å². The molecule has 1 unspecified atom stereocenters. The number of aromatic nitrogens is 3. The first-order valence-corrected chi connectivity index (χ1v) is 10.2. The van der Waals surface area contributed by atoms with Crippen LogP contribution in [-0.2, 0) is 11.2 Å². The van der Waals surface area contributed by atoms with Gasteiger partial charge in [-0.25, -0.2) is 0 Å². The third kappa shape index (κ3) is 4.05. The van der Waals surface area contributed by atoms with Crippen LogP contribution in [0.5, 0.6) is 0 Å². The molecule has 0 saturated carbocycles. The average Bonchev–Trinajstić information content (AvgIpc) is 3.40. The number of carbonyl (C=O) groups is 1. The van der Waals surface area contributed by atoms with Crippen molar-refractivity contribution in [1.82, 2.24) is 24.6 Å². The molecular weight excluding hydrogens is 338 g/mol. The lowest BCUT2D eigenvalue weighted by Crippen LogP contribution is -2.48. The van der Waals surface area contributed by atoms with Crippen LogP contribution in [0, 0.1) is 5.92 Å². The van der Waals surface area contributed by atoms with Gasteiger partial charge in [-0.3, -0.25) is 14.3 Å². The molecule has 1 amide bonds. The SMILES string of the molecule is CC(C(=O)N1CCC(Cc2nncn2-c2ccccc2)CC1)N1CCCC1. The molecule has 1 aromatic heterocycles. The molecule has 0 radical (unpaired) electrons. The second-order valence-electron chi connectivity index (χ2n) is 7.84. The summed E-state index contributed by atoms with van der Waals surface area (Å²) in [5.74, 6) is 1.88. The number of para-hydroxylation sites is 1. The third-order valence-electron chi connectivity index (χ3n) is 6.10. The average molecular weight is 367 g/mol. The minimum Gasteiger partial charge on any atom is -0.341 e. The van der Waals surface area contributed by atoms with Crippen LogP contribution in [0.1, 0.15) is 38.4 Å². The normalized spacial score (nSPS) is 20.1. The van der Waals surface area contributed by atoms with E-state index < -0.39 is 0 Å². The topological polar surface area (TPSA) is 54.3 Å². The number of carbonyl (C=O) groups excluding carboxylic acids is 1. The van der Waals surface area contributed by atoms with Crippen molar-refractivity contribution in [3.63, 3.8) is 0 Å². The van der Waals surface area contributed by atoms with E-state index in [4.69, 9.17) is 0 Å². The van der Waals surface area contributed by atoms with Gasteiger partial charge in [0.25, 0.3) is 0 Å². The first-order valence-electron chi connectivity index (χ1n) is 10.2. The van der Waals surface area contributed by atoms with Crippen molar-refractivity contribution >= 4 is 5.91 Å². The lowest BCUT2D eigenvalue weighted by molar-refractivity contribution is -0.137. The van der Waals surface area contributed by atoms with Crippen molar-refractivity contribution in [3.05, 3.63) is 42.5 Å². The van der Waals surface area contributed by atoms with Gasteiger partial charge in [0.15, 0.2) is 0 Å². The molecule has 0 bridgehead atoms. The second kappa shape index (κ2) is 8.21. The molecular formula is C21H29N5O. The fourth-order valence-electron chi connectivity index (χ4n) is 4.37. The van der Waals surface area contributed by atoms with E-state index in [1.54, 1.807) is 6.33 Å². The summed E-state index contributed by atoms with van der Waals surface area (Å²) in [5.41, 5.74) is 1.10. The van der Waals surface area contributed by atoms with Crippen LogP contribution in [0.15, 0.2) is 36.7 Å².